The molecule has 0 aromatic carbocycles. The number of Topliss-reactive ketones (excluding diaryl/α,β-unsaturated/α-hetero) is 1. The van der Waals surface area contributed by atoms with Gasteiger partial charge in [0.2, 0.25) is 5.78 Å². The molecule has 1 aliphatic carbocycles. The first-order chi connectivity index (χ1) is 9.15. The summed E-state index contributed by atoms with van der Waals surface area (Å²) in [6, 6.07) is 8.13. The van der Waals surface area contributed by atoms with Gasteiger partial charge in [0.15, 0.2) is 18.2 Å². The molecular formula is C15H14NO2S+. The Morgan fingerprint density at radius 1 is 1.16 bits per heavy atom. The highest BCUT2D eigenvalue weighted by Gasteiger charge is 2.31. The van der Waals surface area contributed by atoms with Gasteiger partial charge in [0.25, 0.3) is 5.70 Å². The Morgan fingerprint density at radius 2 is 1.89 bits per heavy atom. The molecule has 1 aliphatic rings. The van der Waals surface area contributed by atoms with Crippen LogP contribution in [0, 0.1) is 6.92 Å². The smallest absolute Gasteiger partial charge is 0.291 e. The van der Waals surface area contributed by atoms with Gasteiger partial charge in [-0.25, -0.2) is 0 Å². The Bertz CT molecular complexity index is 668. The summed E-state index contributed by atoms with van der Waals surface area (Å²) in [6.45, 7) is 2.08. The zero-order chi connectivity index (χ0) is 13.4. The van der Waals surface area contributed by atoms with Crippen molar-refractivity contribution in [3.63, 3.8) is 0 Å². The number of aromatic nitrogens is 1. The lowest BCUT2D eigenvalue weighted by Crippen LogP contribution is -2.34. The second kappa shape index (κ2) is 4.63. The standard InChI is InChI=1S/C15H13NO2S/c1-10-2-5-14(19-10)11-6-8-16(9-7-11)15-12(17)3-4-13(15)18/h2,5-9H,3-4H2,1H3/p+1. The summed E-state index contributed by atoms with van der Waals surface area (Å²) in [5.74, 6) is 0.192. The van der Waals surface area contributed by atoms with Crippen LogP contribution in [-0.2, 0) is 4.79 Å². The molecule has 4 heteroatoms. The summed E-state index contributed by atoms with van der Waals surface area (Å²) >= 11 is 1.74. The number of aliphatic hydroxyl groups excluding tert-OH is 1. The molecule has 0 amide bonds. The van der Waals surface area contributed by atoms with Crippen molar-refractivity contribution in [2.45, 2.75) is 19.8 Å². The number of aryl methyl sites for hydroxylation is 1. The van der Waals surface area contributed by atoms with Gasteiger partial charge in [0.1, 0.15) is 0 Å². The maximum absolute atomic E-state index is 11.7. The molecule has 2 aromatic rings. The lowest BCUT2D eigenvalue weighted by molar-refractivity contribution is -0.578. The zero-order valence-corrected chi connectivity index (χ0v) is 11.4. The Morgan fingerprint density at radius 3 is 2.42 bits per heavy atom. The fraction of sp³-hybridized carbons (Fsp3) is 0.200. The highest BCUT2D eigenvalue weighted by molar-refractivity contribution is 7.15. The van der Waals surface area contributed by atoms with E-state index in [1.54, 1.807) is 15.9 Å². The van der Waals surface area contributed by atoms with Crippen LogP contribution >= 0.6 is 11.3 Å². The summed E-state index contributed by atoms with van der Waals surface area (Å²) in [5.41, 5.74) is 1.54. The van der Waals surface area contributed by atoms with Gasteiger partial charge in [-0.2, -0.15) is 4.57 Å². The number of hydrogen-bond acceptors (Lipinski definition) is 3. The molecule has 3 nitrogen and oxygen atoms in total. The second-order valence-electron chi connectivity index (χ2n) is 4.62. The van der Waals surface area contributed by atoms with Gasteiger partial charge < -0.3 is 5.11 Å². The molecule has 0 aliphatic heterocycles. The molecule has 0 fully saturated rings. The van der Waals surface area contributed by atoms with Crippen LogP contribution in [0.3, 0.4) is 0 Å². The van der Waals surface area contributed by atoms with Gasteiger partial charge in [-0.15, -0.1) is 11.3 Å². The summed E-state index contributed by atoms with van der Waals surface area (Å²) in [6.07, 6.45) is 4.52. The Kier molecular flexibility index (Phi) is 2.95. The Labute approximate surface area is 115 Å². The van der Waals surface area contributed by atoms with Crippen LogP contribution in [0.2, 0.25) is 0 Å². The fourth-order valence-electron chi connectivity index (χ4n) is 2.25. The predicted octanol–water partition coefficient (Wildman–Crippen LogP) is 3.10. The van der Waals surface area contributed by atoms with Crippen LogP contribution in [0.1, 0.15) is 17.7 Å². The van der Waals surface area contributed by atoms with Crippen LogP contribution in [0.5, 0.6) is 0 Å². The van der Waals surface area contributed by atoms with E-state index in [1.165, 1.54) is 9.75 Å². The number of hydrogen-bond donors (Lipinski definition) is 1. The highest BCUT2D eigenvalue weighted by Crippen LogP contribution is 2.27. The molecule has 2 aromatic heterocycles. The summed E-state index contributed by atoms with van der Waals surface area (Å²) in [4.78, 5) is 14.2. The van der Waals surface area contributed by atoms with E-state index in [0.29, 0.717) is 18.5 Å². The Balaban J connectivity index is 1.95. The van der Waals surface area contributed by atoms with Crippen molar-refractivity contribution in [3.05, 3.63) is 47.3 Å². The average Bonchev–Trinajstić information content (AvgIpc) is 2.97. The molecule has 96 valence electrons. The van der Waals surface area contributed by atoms with Crippen LogP contribution in [0.15, 0.2) is 42.4 Å². The van der Waals surface area contributed by atoms with Crippen molar-refractivity contribution in [1.82, 2.24) is 0 Å². The van der Waals surface area contributed by atoms with E-state index in [0.717, 1.165) is 5.56 Å². The van der Waals surface area contributed by atoms with Crippen LogP contribution in [0.4, 0.5) is 0 Å². The number of pyridine rings is 1. The van der Waals surface area contributed by atoms with Gasteiger partial charge in [-0.05, 0) is 19.1 Å². The third kappa shape index (κ3) is 2.19. The summed E-state index contributed by atoms with van der Waals surface area (Å²) in [7, 11) is 0. The quantitative estimate of drug-likeness (QED) is 0.853. The van der Waals surface area contributed by atoms with Crippen molar-refractivity contribution in [3.8, 4) is 10.4 Å². The number of carbonyl (C=O) groups is 1. The predicted molar refractivity (Wildman–Crippen MR) is 74.8 cm³/mol. The third-order valence-electron chi connectivity index (χ3n) is 3.24. The molecule has 3 rings (SSSR count). The molecule has 0 bridgehead atoms. The zero-order valence-electron chi connectivity index (χ0n) is 10.6. The van der Waals surface area contributed by atoms with Gasteiger partial charge in [-0.1, -0.05) is 0 Å². The third-order valence-corrected chi connectivity index (χ3v) is 4.29. The normalized spacial score (nSPS) is 15.3. The van der Waals surface area contributed by atoms with Crippen molar-refractivity contribution < 1.29 is 14.5 Å². The summed E-state index contributed by atoms with van der Waals surface area (Å²) < 4.78 is 1.70. The highest BCUT2D eigenvalue weighted by atomic mass is 32.1. The van der Waals surface area contributed by atoms with Gasteiger partial charge in [0, 0.05) is 40.3 Å². The molecule has 0 unspecified atom stereocenters. The lowest BCUT2D eigenvalue weighted by atomic mass is 10.2. The molecule has 2 heterocycles. The van der Waals surface area contributed by atoms with Crippen molar-refractivity contribution in [1.29, 1.82) is 0 Å². The molecule has 0 saturated carbocycles. The van der Waals surface area contributed by atoms with Crippen molar-refractivity contribution in [2.24, 2.45) is 0 Å². The van der Waals surface area contributed by atoms with Crippen LogP contribution in [-0.4, -0.2) is 10.9 Å². The Hall–Kier alpha value is -1.94. The number of ketones is 1. The fourth-order valence-corrected chi connectivity index (χ4v) is 3.13. The number of carbonyl (C=O) groups excluding carboxylic acids is 1. The van der Waals surface area contributed by atoms with E-state index in [-0.39, 0.29) is 11.5 Å². The van der Waals surface area contributed by atoms with Crippen LogP contribution in [0.25, 0.3) is 16.1 Å². The van der Waals surface area contributed by atoms with E-state index >= 15 is 0 Å². The molecule has 0 spiro atoms. The second-order valence-corrected chi connectivity index (χ2v) is 5.91. The maximum atomic E-state index is 11.7. The number of aliphatic hydroxyl groups is 1. The van der Waals surface area contributed by atoms with E-state index in [4.69, 9.17) is 0 Å². The lowest BCUT2D eigenvalue weighted by Gasteiger charge is -1.98. The largest absolute Gasteiger partial charge is 0.506 e. The molecule has 0 atom stereocenters. The average molecular weight is 272 g/mol. The molecule has 0 saturated heterocycles. The maximum Gasteiger partial charge on any atom is 0.291 e. The van der Waals surface area contributed by atoms with E-state index < -0.39 is 0 Å². The minimum Gasteiger partial charge on any atom is -0.506 e. The minimum atomic E-state index is 0.00205. The van der Waals surface area contributed by atoms with Crippen molar-refractivity contribution in [2.75, 3.05) is 0 Å². The molecule has 19 heavy (non-hydrogen) atoms. The topological polar surface area (TPSA) is 41.2 Å². The van der Waals surface area contributed by atoms with E-state index in [2.05, 4.69) is 19.1 Å². The van der Waals surface area contributed by atoms with Crippen molar-refractivity contribution >= 4 is 22.8 Å². The first-order valence-electron chi connectivity index (χ1n) is 6.19. The summed E-state index contributed by atoms with van der Waals surface area (Å²) in [5, 5.41) is 9.74. The van der Waals surface area contributed by atoms with Crippen LogP contribution < -0.4 is 4.57 Å². The van der Waals surface area contributed by atoms with Gasteiger partial charge >= 0.3 is 0 Å². The first kappa shape index (κ1) is 12.1. The first-order valence-corrected chi connectivity index (χ1v) is 7.00. The number of nitrogens with zero attached hydrogens (tertiary/aromatic N) is 1. The van der Waals surface area contributed by atoms with E-state index in [9.17, 15) is 9.90 Å². The molecule has 0 radical (unpaired) electrons. The SMILES string of the molecule is Cc1ccc(-c2cc[n+](C3=C(O)CCC3=O)cc2)s1. The minimum absolute atomic E-state index is 0.00205. The number of thiophene rings is 1. The monoisotopic (exact) mass is 272 g/mol. The van der Waals surface area contributed by atoms with Gasteiger partial charge in [0.05, 0.1) is 0 Å². The van der Waals surface area contributed by atoms with E-state index in [1.807, 2.05) is 24.5 Å². The number of allylic oxidation sites excluding steroid dienone is 2. The molecular weight excluding hydrogens is 258 g/mol. The van der Waals surface area contributed by atoms with Gasteiger partial charge in [-0.3, -0.25) is 4.79 Å². The number of rotatable bonds is 2. The molecule has 1 N–H and O–H groups in total.